The summed E-state index contributed by atoms with van der Waals surface area (Å²) in [5.74, 6) is 0.640. The third-order valence-corrected chi connectivity index (χ3v) is 4.58. The second-order valence-electron chi connectivity index (χ2n) is 5.17. The van der Waals surface area contributed by atoms with Gasteiger partial charge in [-0.15, -0.1) is 0 Å². The summed E-state index contributed by atoms with van der Waals surface area (Å²) in [6.07, 6.45) is 2.02. The number of hydrogen-bond acceptors (Lipinski definition) is 3. The van der Waals surface area contributed by atoms with Crippen LogP contribution in [0, 0.1) is 5.92 Å². The van der Waals surface area contributed by atoms with E-state index in [2.05, 4.69) is 23.9 Å². The van der Waals surface area contributed by atoms with E-state index in [-0.39, 0.29) is 0 Å². The zero-order valence-electron chi connectivity index (χ0n) is 12.1. The summed E-state index contributed by atoms with van der Waals surface area (Å²) in [5.41, 5.74) is 1.15. The fraction of sp³-hybridized carbons (Fsp3) is 0.571. The Hall–Kier alpha value is -0.910. The Morgan fingerprint density at radius 1 is 1.11 bits per heavy atom. The molecule has 1 unspecified atom stereocenters. The van der Waals surface area contributed by atoms with Gasteiger partial charge in [-0.1, -0.05) is 26.0 Å². The van der Waals surface area contributed by atoms with E-state index in [1.165, 1.54) is 7.05 Å². The summed E-state index contributed by atoms with van der Waals surface area (Å²) >= 11 is 0. The van der Waals surface area contributed by atoms with Gasteiger partial charge in [-0.25, -0.2) is 13.1 Å². The van der Waals surface area contributed by atoms with Gasteiger partial charge in [-0.3, -0.25) is 0 Å². The van der Waals surface area contributed by atoms with Crippen molar-refractivity contribution >= 4 is 10.0 Å². The lowest BCUT2D eigenvalue weighted by molar-refractivity contribution is 0.441. The molecule has 1 rings (SSSR count). The minimum Gasteiger partial charge on any atom is -0.317 e. The molecule has 0 amide bonds. The molecule has 0 saturated carbocycles. The van der Waals surface area contributed by atoms with Gasteiger partial charge in [0.2, 0.25) is 10.0 Å². The van der Waals surface area contributed by atoms with Gasteiger partial charge in [0.25, 0.3) is 0 Å². The van der Waals surface area contributed by atoms with E-state index in [0.717, 1.165) is 18.4 Å². The van der Waals surface area contributed by atoms with Crippen LogP contribution in [0.25, 0.3) is 0 Å². The van der Waals surface area contributed by atoms with Crippen molar-refractivity contribution in [3.63, 3.8) is 0 Å². The highest BCUT2D eigenvalue weighted by Gasteiger charge is 2.12. The highest BCUT2D eigenvalue weighted by Crippen LogP contribution is 2.14. The van der Waals surface area contributed by atoms with Crippen molar-refractivity contribution in [1.29, 1.82) is 0 Å². The van der Waals surface area contributed by atoms with Gasteiger partial charge < -0.3 is 5.32 Å². The number of rotatable bonds is 7. The molecule has 0 fully saturated rings. The van der Waals surface area contributed by atoms with Crippen molar-refractivity contribution in [3.05, 3.63) is 29.8 Å². The van der Waals surface area contributed by atoms with E-state index in [1.54, 1.807) is 12.1 Å². The Labute approximate surface area is 116 Å². The minimum atomic E-state index is -3.33. The summed E-state index contributed by atoms with van der Waals surface area (Å²) < 4.78 is 25.5. The van der Waals surface area contributed by atoms with Crippen LogP contribution in [-0.2, 0) is 16.4 Å². The molecule has 0 bridgehead atoms. The monoisotopic (exact) mass is 284 g/mol. The van der Waals surface area contributed by atoms with Gasteiger partial charge in [0.15, 0.2) is 0 Å². The largest absolute Gasteiger partial charge is 0.317 e. The summed E-state index contributed by atoms with van der Waals surface area (Å²) in [5, 5.41) is 3.31. The topological polar surface area (TPSA) is 58.2 Å². The molecule has 4 nitrogen and oxygen atoms in total. The molecular formula is C14H24N2O2S. The standard InChI is InChI=1S/C14H24N2O2S/c1-11(2)9-13(15-3)10-12-5-7-14(8-6-12)19(17,18)16-4/h5-8,11,13,15-16H,9-10H2,1-4H3. The van der Waals surface area contributed by atoms with Crippen LogP contribution in [0.4, 0.5) is 0 Å². The number of nitrogens with one attached hydrogen (secondary N) is 2. The molecule has 0 heterocycles. The molecule has 0 aliphatic carbocycles. The quantitative estimate of drug-likeness (QED) is 0.802. The van der Waals surface area contributed by atoms with Crippen molar-refractivity contribution in [2.24, 2.45) is 5.92 Å². The van der Waals surface area contributed by atoms with E-state index in [0.29, 0.717) is 16.9 Å². The predicted molar refractivity (Wildman–Crippen MR) is 78.7 cm³/mol. The smallest absolute Gasteiger partial charge is 0.240 e. The molecular weight excluding hydrogens is 260 g/mol. The van der Waals surface area contributed by atoms with Crippen molar-refractivity contribution in [1.82, 2.24) is 10.0 Å². The van der Waals surface area contributed by atoms with Gasteiger partial charge in [0, 0.05) is 6.04 Å². The van der Waals surface area contributed by atoms with Gasteiger partial charge in [0.05, 0.1) is 4.90 Å². The van der Waals surface area contributed by atoms with E-state index in [9.17, 15) is 8.42 Å². The maximum atomic E-state index is 11.6. The van der Waals surface area contributed by atoms with E-state index in [1.807, 2.05) is 19.2 Å². The SMILES string of the molecule is CNC(Cc1ccc(S(=O)(=O)NC)cc1)CC(C)C. The predicted octanol–water partition coefficient (Wildman–Crippen LogP) is 1.77. The van der Waals surface area contributed by atoms with Crippen LogP contribution in [0.5, 0.6) is 0 Å². The maximum absolute atomic E-state index is 11.6. The van der Waals surface area contributed by atoms with E-state index < -0.39 is 10.0 Å². The average molecular weight is 284 g/mol. The normalized spacial score (nSPS) is 13.7. The Bertz CT molecular complexity index is 481. The molecule has 0 radical (unpaired) electrons. The summed E-state index contributed by atoms with van der Waals surface area (Å²) in [7, 11) is 0.0511. The molecule has 2 N–H and O–H groups in total. The summed E-state index contributed by atoms with van der Waals surface area (Å²) in [4.78, 5) is 0.309. The first-order chi connectivity index (χ1) is 8.89. The van der Waals surface area contributed by atoms with E-state index >= 15 is 0 Å². The molecule has 0 saturated heterocycles. The molecule has 1 aromatic carbocycles. The average Bonchev–Trinajstić information content (AvgIpc) is 2.38. The molecule has 0 aliphatic rings. The van der Waals surface area contributed by atoms with Crippen LogP contribution >= 0.6 is 0 Å². The number of sulfonamides is 1. The number of benzene rings is 1. The van der Waals surface area contributed by atoms with Gasteiger partial charge in [-0.05, 0) is 50.6 Å². The molecule has 19 heavy (non-hydrogen) atoms. The molecule has 0 aromatic heterocycles. The highest BCUT2D eigenvalue weighted by atomic mass is 32.2. The molecule has 0 aliphatic heterocycles. The molecule has 108 valence electrons. The summed E-state index contributed by atoms with van der Waals surface area (Å²) in [6, 6.07) is 7.50. The molecule has 0 spiro atoms. The Balaban J connectivity index is 2.76. The Morgan fingerprint density at radius 3 is 2.11 bits per heavy atom. The molecule has 1 aromatic rings. The van der Waals surface area contributed by atoms with Crippen LogP contribution in [0.15, 0.2) is 29.2 Å². The van der Waals surface area contributed by atoms with Crippen molar-refractivity contribution in [2.75, 3.05) is 14.1 Å². The van der Waals surface area contributed by atoms with Crippen molar-refractivity contribution in [3.8, 4) is 0 Å². The fourth-order valence-electron chi connectivity index (χ4n) is 2.08. The van der Waals surface area contributed by atoms with Crippen LogP contribution < -0.4 is 10.0 Å². The lowest BCUT2D eigenvalue weighted by Crippen LogP contribution is -2.29. The van der Waals surface area contributed by atoms with Crippen LogP contribution in [0.2, 0.25) is 0 Å². The van der Waals surface area contributed by atoms with Crippen LogP contribution in [0.1, 0.15) is 25.8 Å². The fourth-order valence-corrected chi connectivity index (χ4v) is 2.81. The lowest BCUT2D eigenvalue weighted by atomic mass is 9.97. The first-order valence-corrected chi connectivity index (χ1v) is 8.07. The Kier molecular flexibility index (Phi) is 5.97. The van der Waals surface area contributed by atoms with Crippen molar-refractivity contribution < 1.29 is 8.42 Å². The zero-order chi connectivity index (χ0) is 14.5. The number of likely N-dealkylation sites (N-methyl/N-ethyl adjacent to an activating group) is 1. The lowest BCUT2D eigenvalue weighted by Gasteiger charge is -2.18. The first kappa shape index (κ1) is 16.1. The second kappa shape index (κ2) is 7.03. The Morgan fingerprint density at radius 2 is 1.68 bits per heavy atom. The third kappa shape index (κ3) is 4.93. The van der Waals surface area contributed by atoms with Gasteiger partial charge in [-0.2, -0.15) is 0 Å². The van der Waals surface area contributed by atoms with Crippen molar-refractivity contribution in [2.45, 2.75) is 37.6 Å². The molecule has 1 atom stereocenters. The maximum Gasteiger partial charge on any atom is 0.240 e. The van der Waals surface area contributed by atoms with Gasteiger partial charge in [0.1, 0.15) is 0 Å². The second-order valence-corrected chi connectivity index (χ2v) is 7.06. The van der Waals surface area contributed by atoms with Crippen LogP contribution in [-0.4, -0.2) is 28.6 Å². The zero-order valence-corrected chi connectivity index (χ0v) is 12.9. The van der Waals surface area contributed by atoms with Gasteiger partial charge >= 0.3 is 0 Å². The third-order valence-electron chi connectivity index (χ3n) is 3.15. The van der Waals surface area contributed by atoms with E-state index in [4.69, 9.17) is 0 Å². The van der Waals surface area contributed by atoms with Crippen LogP contribution in [0.3, 0.4) is 0 Å². The number of hydrogen-bond donors (Lipinski definition) is 2. The minimum absolute atomic E-state index is 0.309. The molecule has 5 heteroatoms. The first-order valence-electron chi connectivity index (χ1n) is 6.58. The summed E-state index contributed by atoms with van der Waals surface area (Å²) in [6.45, 7) is 4.40. The highest BCUT2D eigenvalue weighted by molar-refractivity contribution is 7.89.